The molecule has 2 rings (SSSR count). The number of nitrogens with one attached hydrogen (secondary N) is 2. The summed E-state index contributed by atoms with van der Waals surface area (Å²) in [5.74, 6) is 0. The van der Waals surface area contributed by atoms with Crippen molar-refractivity contribution in [1.29, 1.82) is 0 Å². The van der Waals surface area contributed by atoms with Crippen molar-refractivity contribution in [2.75, 3.05) is 5.32 Å². The van der Waals surface area contributed by atoms with Gasteiger partial charge in [-0.05, 0) is 61.3 Å². The van der Waals surface area contributed by atoms with Gasteiger partial charge in [-0.25, -0.2) is 0 Å². The molecule has 0 heterocycles. The van der Waals surface area contributed by atoms with Crippen molar-refractivity contribution in [3.05, 3.63) is 64.2 Å². The number of benzene rings is 2. The quantitative estimate of drug-likeness (QED) is 0.733. The number of halogens is 1. The van der Waals surface area contributed by atoms with E-state index in [1.54, 1.807) is 0 Å². The van der Waals surface area contributed by atoms with Crippen LogP contribution in [-0.2, 0) is 0 Å². The van der Waals surface area contributed by atoms with Crippen LogP contribution in [0.3, 0.4) is 0 Å². The van der Waals surface area contributed by atoms with Crippen LogP contribution in [0.25, 0.3) is 0 Å². The molecule has 22 heavy (non-hydrogen) atoms. The molecule has 116 valence electrons. The summed E-state index contributed by atoms with van der Waals surface area (Å²) in [5, 5.41) is 7.92. The third-order valence-electron chi connectivity index (χ3n) is 3.71. The Bertz CT molecular complexity index is 670. The molecule has 0 saturated carbocycles. The van der Waals surface area contributed by atoms with Gasteiger partial charge in [0.2, 0.25) is 0 Å². The minimum Gasteiger partial charge on any atom is -0.356 e. The fourth-order valence-corrected chi connectivity index (χ4v) is 2.81. The van der Waals surface area contributed by atoms with E-state index >= 15 is 0 Å². The molecule has 0 spiro atoms. The SMILES string of the molecule is CC[C@H](NC(=S)Nc1ccc(C)c(Cl)c1)c1ccccc1C. The van der Waals surface area contributed by atoms with Gasteiger partial charge in [0, 0.05) is 10.7 Å². The van der Waals surface area contributed by atoms with Gasteiger partial charge >= 0.3 is 0 Å². The second-order valence-electron chi connectivity index (χ2n) is 5.38. The molecule has 1 atom stereocenters. The lowest BCUT2D eigenvalue weighted by Gasteiger charge is -2.21. The first-order chi connectivity index (χ1) is 10.5. The summed E-state index contributed by atoms with van der Waals surface area (Å²) in [6.45, 7) is 6.25. The zero-order chi connectivity index (χ0) is 16.1. The monoisotopic (exact) mass is 332 g/mol. The van der Waals surface area contributed by atoms with E-state index in [0.717, 1.165) is 22.7 Å². The van der Waals surface area contributed by atoms with Gasteiger partial charge in [0.25, 0.3) is 0 Å². The Morgan fingerprint density at radius 3 is 2.50 bits per heavy atom. The van der Waals surface area contributed by atoms with E-state index in [9.17, 15) is 0 Å². The van der Waals surface area contributed by atoms with Crippen molar-refractivity contribution in [3.63, 3.8) is 0 Å². The van der Waals surface area contributed by atoms with Crippen molar-refractivity contribution in [2.24, 2.45) is 0 Å². The highest BCUT2D eigenvalue weighted by atomic mass is 35.5. The second kappa shape index (κ2) is 7.61. The zero-order valence-corrected chi connectivity index (χ0v) is 14.7. The lowest BCUT2D eigenvalue weighted by Crippen LogP contribution is -2.32. The Morgan fingerprint density at radius 2 is 1.86 bits per heavy atom. The van der Waals surface area contributed by atoms with E-state index in [-0.39, 0.29) is 6.04 Å². The number of rotatable bonds is 4. The first-order valence-electron chi connectivity index (χ1n) is 7.40. The third-order valence-corrected chi connectivity index (χ3v) is 4.33. The lowest BCUT2D eigenvalue weighted by molar-refractivity contribution is 0.625. The van der Waals surface area contributed by atoms with Gasteiger partial charge in [0.05, 0.1) is 6.04 Å². The van der Waals surface area contributed by atoms with E-state index in [1.165, 1.54) is 11.1 Å². The predicted molar refractivity (Wildman–Crippen MR) is 99.8 cm³/mol. The Kier molecular flexibility index (Phi) is 5.81. The molecule has 0 saturated heterocycles. The van der Waals surface area contributed by atoms with E-state index in [0.29, 0.717) is 5.11 Å². The highest BCUT2D eigenvalue weighted by Crippen LogP contribution is 2.22. The van der Waals surface area contributed by atoms with E-state index in [2.05, 4.69) is 48.7 Å². The molecule has 2 N–H and O–H groups in total. The molecule has 0 bridgehead atoms. The Balaban J connectivity index is 2.06. The van der Waals surface area contributed by atoms with Gasteiger partial charge in [-0.1, -0.05) is 48.9 Å². The van der Waals surface area contributed by atoms with Crippen LogP contribution in [-0.4, -0.2) is 5.11 Å². The minimum atomic E-state index is 0.196. The molecule has 2 aromatic rings. The molecule has 4 heteroatoms. The average Bonchev–Trinajstić information content (AvgIpc) is 2.49. The summed E-state index contributed by atoms with van der Waals surface area (Å²) in [5.41, 5.74) is 4.49. The van der Waals surface area contributed by atoms with E-state index in [4.69, 9.17) is 23.8 Å². The minimum absolute atomic E-state index is 0.196. The fraction of sp³-hybridized carbons (Fsp3) is 0.278. The number of hydrogen-bond donors (Lipinski definition) is 2. The molecule has 2 aromatic carbocycles. The second-order valence-corrected chi connectivity index (χ2v) is 6.20. The van der Waals surface area contributed by atoms with Gasteiger partial charge in [-0.2, -0.15) is 0 Å². The number of thiocarbonyl (C=S) groups is 1. The molecule has 0 aromatic heterocycles. The number of anilines is 1. The van der Waals surface area contributed by atoms with Gasteiger partial charge in [0.15, 0.2) is 5.11 Å². The van der Waals surface area contributed by atoms with Crippen molar-refractivity contribution >= 4 is 34.6 Å². The van der Waals surface area contributed by atoms with Gasteiger partial charge in [-0.3, -0.25) is 0 Å². The fourth-order valence-electron chi connectivity index (χ4n) is 2.37. The maximum atomic E-state index is 6.14. The Morgan fingerprint density at radius 1 is 1.14 bits per heavy atom. The molecule has 0 unspecified atom stereocenters. The molecule has 0 radical (unpaired) electrons. The maximum absolute atomic E-state index is 6.14. The van der Waals surface area contributed by atoms with E-state index in [1.807, 2.05) is 25.1 Å². The molecular weight excluding hydrogens is 312 g/mol. The van der Waals surface area contributed by atoms with Crippen molar-refractivity contribution < 1.29 is 0 Å². The third kappa shape index (κ3) is 4.21. The van der Waals surface area contributed by atoms with Crippen LogP contribution < -0.4 is 10.6 Å². The average molecular weight is 333 g/mol. The largest absolute Gasteiger partial charge is 0.356 e. The van der Waals surface area contributed by atoms with Crippen molar-refractivity contribution in [3.8, 4) is 0 Å². The Hall–Kier alpha value is -1.58. The van der Waals surface area contributed by atoms with Crippen molar-refractivity contribution in [2.45, 2.75) is 33.2 Å². The van der Waals surface area contributed by atoms with Crippen LogP contribution in [0.1, 0.15) is 36.1 Å². The van der Waals surface area contributed by atoms with Crippen LogP contribution in [0.4, 0.5) is 5.69 Å². The molecule has 2 nitrogen and oxygen atoms in total. The number of aryl methyl sites for hydroxylation is 2. The topological polar surface area (TPSA) is 24.1 Å². The zero-order valence-electron chi connectivity index (χ0n) is 13.1. The summed E-state index contributed by atoms with van der Waals surface area (Å²) < 4.78 is 0. The molecule has 0 aliphatic carbocycles. The van der Waals surface area contributed by atoms with Crippen LogP contribution in [0, 0.1) is 13.8 Å². The number of hydrogen-bond acceptors (Lipinski definition) is 1. The standard InChI is InChI=1S/C18H21ClN2S/c1-4-17(15-8-6-5-7-12(15)2)21-18(22)20-14-10-9-13(3)16(19)11-14/h5-11,17H,4H2,1-3H3,(H2,20,21,22)/t17-/m0/s1. The van der Waals surface area contributed by atoms with Crippen molar-refractivity contribution in [1.82, 2.24) is 5.32 Å². The smallest absolute Gasteiger partial charge is 0.171 e. The lowest BCUT2D eigenvalue weighted by atomic mass is 10.00. The van der Waals surface area contributed by atoms with Crippen LogP contribution in [0.2, 0.25) is 5.02 Å². The highest BCUT2D eigenvalue weighted by Gasteiger charge is 2.12. The summed E-state index contributed by atoms with van der Waals surface area (Å²) in [7, 11) is 0. The van der Waals surface area contributed by atoms with Crippen LogP contribution >= 0.6 is 23.8 Å². The van der Waals surface area contributed by atoms with Gasteiger partial charge in [0.1, 0.15) is 0 Å². The maximum Gasteiger partial charge on any atom is 0.171 e. The normalized spacial score (nSPS) is 11.8. The summed E-state index contributed by atoms with van der Waals surface area (Å²) >= 11 is 11.6. The summed E-state index contributed by atoms with van der Waals surface area (Å²) in [6.07, 6.45) is 0.960. The first-order valence-corrected chi connectivity index (χ1v) is 8.19. The van der Waals surface area contributed by atoms with Crippen LogP contribution in [0.15, 0.2) is 42.5 Å². The first kappa shape index (κ1) is 16.8. The van der Waals surface area contributed by atoms with Gasteiger partial charge in [-0.15, -0.1) is 0 Å². The summed E-state index contributed by atoms with van der Waals surface area (Å²) in [4.78, 5) is 0. The molecule has 0 fully saturated rings. The highest BCUT2D eigenvalue weighted by molar-refractivity contribution is 7.80. The molecule has 0 aliphatic rings. The Labute approximate surface area is 142 Å². The summed E-state index contributed by atoms with van der Waals surface area (Å²) in [6, 6.07) is 14.4. The van der Waals surface area contributed by atoms with Gasteiger partial charge < -0.3 is 10.6 Å². The van der Waals surface area contributed by atoms with E-state index < -0.39 is 0 Å². The molecule has 0 amide bonds. The molecule has 0 aliphatic heterocycles. The predicted octanol–water partition coefficient (Wildman–Crippen LogP) is 5.39. The molecular formula is C18H21ClN2S. The van der Waals surface area contributed by atoms with Crippen LogP contribution in [0.5, 0.6) is 0 Å².